The maximum Gasteiger partial charge on any atom is 0.194 e. The first-order chi connectivity index (χ1) is 14.7. The van der Waals surface area contributed by atoms with Gasteiger partial charge in [0.15, 0.2) is 11.8 Å². The van der Waals surface area contributed by atoms with Crippen molar-refractivity contribution in [3.8, 4) is 5.75 Å². The standard InChI is InChI=1S/C22H32N6O2.HI/c1-17-25-26-21(27(17)2)16-24-22(23-15-20-9-6-14-29-20)28-12-10-19(11-13-28)30-18-7-4-3-5-8-18;/h3-5,7-8,19-20H,6,9-16H2,1-2H3,(H,23,24);1H. The van der Waals surface area contributed by atoms with Crippen molar-refractivity contribution in [2.75, 3.05) is 26.2 Å². The number of aliphatic imine (C=N–C) groups is 1. The van der Waals surface area contributed by atoms with Crippen molar-refractivity contribution >= 4 is 29.9 Å². The molecule has 0 amide bonds. The maximum atomic E-state index is 6.14. The summed E-state index contributed by atoms with van der Waals surface area (Å²) in [6, 6.07) is 10.1. The summed E-state index contributed by atoms with van der Waals surface area (Å²) >= 11 is 0. The summed E-state index contributed by atoms with van der Waals surface area (Å²) in [5.74, 6) is 3.63. The zero-order valence-corrected chi connectivity index (χ0v) is 20.7. The third-order valence-corrected chi connectivity index (χ3v) is 5.85. The smallest absolute Gasteiger partial charge is 0.194 e. The van der Waals surface area contributed by atoms with Crippen molar-refractivity contribution in [3.63, 3.8) is 0 Å². The first kappa shape index (κ1) is 23.8. The molecule has 0 aliphatic carbocycles. The van der Waals surface area contributed by atoms with Gasteiger partial charge in [0, 0.05) is 46.1 Å². The van der Waals surface area contributed by atoms with E-state index in [1.165, 1.54) is 0 Å². The summed E-state index contributed by atoms with van der Waals surface area (Å²) in [5, 5.41) is 11.9. The first-order valence-corrected chi connectivity index (χ1v) is 10.9. The fourth-order valence-electron chi connectivity index (χ4n) is 3.89. The predicted octanol–water partition coefficient (Wildman–Crippen LogP) is 2.91. The number of ether oxygens (including phenoxy) is 2. The van der Waals surface area contributed by atoms with Gasteiger partial charge >= 0.3 is 0 Å². The Morgan fingerprint density at radius 1 is 1.19 bits per heavy atom. The number of benzene rings is 1. The van der Waals surface area contributed by atoms with E-state index in [1.807, 2.05) is 48.9 Å². The van der Waals surface area contributed by atoms with E-state index in [9.17, 15) is 0 Å². The minimum atomic E-state index is 0. The lowest BCUT2D eigenvalue weighted by Crippen LogP contribution is -2.49. The number of nitrogens with one attached hydrogen (secondary N) is 1. The van der Waals surface area contributed by atoms with E-state index in [-0.39, 0.29) is 36.2 Å². The van der Waals surface area contributed by atoms with Crippen LogP contribution in [0.1, 0.15) is 37.3 Å². The Kier molecular flexibility index (Phi) is 8.94. The van der Waals surface area contributed by atoms with Gasteiger partial charge in [0.25, 0.3) is 0 Å². The minimum Gasteiger partial charge on any atom is -0.490 e. The number of halogens is 1. The number of guanidine groups is 1. The molecule has 4 rings (SSSR count). The van der Waals surface area contributed by atoms with E-state index in [0.717, 1.165) is 75.3 Å². The van der Waals surface area contributed by atoms with Gasteiger partial charge in [-0.2, -0.15) is 0 Å². The lowest BCUT2D eigenvalue weighted by Gasteiger charge is -2.34. The molecule has 2 fully saturated rings. The Labute approximate surface area is 201 Å². The van der Waals surface area contributed by atoms with Crippen LogP contribution in [0.15, 0.2) is 35.3 Å². The van der Waals surface area contributed by atoms with Crippen LogP contribution >= 0.6 is 24.0 Å². The molecule has 0 saturated carbocycles. The number of hydrogen-bond donors (Lipinski definition) is 1. The van der Waals surface area contributed by atoms with Gasteiger partial charge in [0.2, 0.25) is 0 Å². The van der Waals surface area contributed by atoms with Crippen LogP contribution in [0, 0.1) is 6.92 Å². The number of likely N-dealkylation sites (tertiary alicyclic amines) is 1. The highest BCUT2D eigenvalue weighted by Crippen LogP contribution is 2.19. The van der Waals surface area contributed by atoms with Crippen molar-refractivity contribution in [1.29, 1.82) is 0 Å². The molecule has 1 aromatic heterocycles. The van der Waals surface area contributed by atoms with Crippen LogP contribution in [0.4, 0.5) is 0 Å². The quantitative estimate of drug-likeness (QED) is 0.345. The number of aryl methyl sites for hydroxylation is 1. The summed E-state index contributed by atoms with van der Waals surface area (Å²) in [6.07, 6.45) is 4.70. The summed E-state index contributed by atoms with van der Waals surface area (Å²) in [4.78, 5) is 7.20. The number of rotatable bonds is 6. The molecule has 0 bridgehead atoms. The molecule has 0 radical (unpaired) electrons. The zero-order chi connectivity index (χ0) is 20.8. The Bertz CT molecular complexity index is 830. The molecule has 9 heteroatoms. The van der Waals surface area contributed by atoms with Gasteiger partial charge in [-0.05, 0) is 31.9 Å². The van der Waals surface area contributed by atoms with Crippen LogP contribution in [-0.2, 0) is 18.3 Å². The zero-order valence-electron chi connectivity index (χ0n) is 18.4. The molecule has 1 aromatic carbocycles. The van der Waals surface area contributed by atoms with Crippen LogP contribution in [0.25, 0.3) is 0 Å². The fraction of sp³-hybridized carbons (Fsp3) is 0.591. The van der Waals surface area contributed by atoms with Crippen LogP contribution in [0.3, 0.4) is 0 Å². The molecule has 3 heterocycles. The Hall–Kier alpha value is -1.88. The van der Waals surface area contributed by atoms with E-state index >= 15 is 0 Å². The highest BCUT2D eigenvalue weighted by Gasteiger charge is 2.24. The molecule has 2 aliphatic heterocycles. The van der Waals surface area contributed by atoms with E-state index in [0.29, 0.717) is 6.54 Å². The molecule has 1 atom stereocenters. The highest BCUT2D eigenvalue weighted by atomic mass is 127. The van der Waals surface area contributed by atoms with Gasteiger partial charge in [-0.15, -0.1) is 34.2 Å². The summed E-state index contributed by atoms with van der Waals surface area (Å²) in [7, 11) is 1.98. The van der Waals surface area contributed by atoms with Gasteiger partial charge in [0.05, 0.1) is 6.10 Å². The second-order valence-corrected chi connectivity index (χ2v) is 8.00. The molecule has 170 valence electrons. The molecule has 1 unspecified atom stereocenters. The van der Waals surface area contributed by atoms with Crippen LogP contribution in [-0.4, -0.2) is 64.1 Å². The largest absolute Gasteiger partial charge is 0.490 e. The topological polar surface area (TPSA) is 76.8 Å². The predicted molar refractivity (Wildman–Crippen MR) is 131 cm³/mol. The third kappa shape index (κ3) is 6.55. The fourth-order valence-corrected chi connectivity index (χ4v) is 3.89. The molecule has 8 nitrogen and oxygen atoms in total. The van der Waals surface area contributed by atoms with Crippen molar-refractivity contribution < 1.29 is 9.47 Å². The molecular weight excluding hydrogens is 507 g/mol. The van der Waals surface area contributed by atoms with E-state index in [1.54, 1.807) is 0 Å². The Morgan fingerprint density at radius 3 is 2.61 bits per heavy atom. The second kappa shape index (κ2) is 11.7. The molecule has 2 aliphatic rings. The number of aromatic nitrogens is 3. The van der Waals surface area contributed by atoms with Crippen LogP contribution < -0.4 is 10.1 Å². The average Bonchev–Trinajstić information content (AvgIpc) is 3.40. The van der Waals surface area contributed by atoms with Crippen molar-refractivity contribution in [2.45, 2.75) is 51.4 Å². The number of nitrogens with zero attached hydrogens (tertiary/aromatic N) is 5. The van der Waals surface area contributed by atoms with Gasteiger partial charge < -0.3 is 24.3 Å². The van der Waals surface area contributed by atoms with Gasteiger partial charge in [-0.25, -0.2) is 4.99 Å². The van der Waals surface area contributed by atoms with E-state index in [4.69, 9.17) is 14.5 Å². The Balaban J connectivity index is 0.00000272. The lowest BCUT2D eigenvalue weighted by molar-refractivity contribution is 0.110. The molecule has 31 heavy (non-hydrogen) atoms. The molecule has 0 spiro atoms. The van der Waals surface area contributed by atoms with Gasteiger partial charge in [-0.1, -0.05) is 18.2 Å². The van der Waals surface area contributed by atoms with Gasteiger partial charge in [-0.3, -0.25) is 0 Å². The maximum absolute atomic E-state index is 6.14. The lowest BCUT2D eigenvalue weighted by atomic mass is 10.1. The van der Waals surface area contributed by atoms with Gasteiger partial charge in [0.1, 0.15) is 24.2 Å². The number of hydrogen-bond acceptors (Lipinski definition) is 5. The summed E-state index contributed by atoms with van der Waals surface area (Å²) in [5.41, 5.74) is 0. The number of para-hydroxylation sites is 1. The van der Waals surface area contributed by atoms with Crippen LogP contribution in [0.2, 0.25) is 0 Å². The van der Waals surface area contributed by atoms with Crippen molar-refractivity contribution in [2.24, 2.45) is 12.0 Å². The number of piperidine rings is 1. The summed E-state index contributed by atoms with van der Waals surface area (Å²) < 4.78 is 13.9. The van der Waals surface area contributed by atoms with Crippen molar-refractivity contribution in [3.05, 3.63) is 42.0 Å². The second-order valence-electron chi connectivity index (χ2n) is 8.00. The normalized spacial score (nSPS) is 19.9. The molecular formula is C22H33IN6O2. The Morgan fingerprint density at radius 2 is 1.97 bits per heavy atom. The SMILES string of the molecule is Cc1nnc(CN=C(NCC2CCCO2)N2CCC(Oc3ccccc3)CC2)n1C.I. The monoisotopic (exact) mass is 540 g/mol. The van der Waals surface area contributed by atoms with Crippen molar-refractivity contribution in [1.82, 2.24) is 25.0 Å². The molecule has 1 N–H and O–H groups in total. The highest BCUT2D eigenvalue weighted by molar-refractivity contribution is 14.0. The molecule has 2 aromatic rings. The average molecular weight is 540 g/mol. The summed E-state index contributed by atoms with van der Waals surface area (Å²) in [6.45, 7) is 5.93. The van der Waals surface area contributed by atoms with E-state index in [2.05, 4.69) is 20.4 Å². The molecule has 2 saturated heterocycles. The minimum absolute atomic E-state index is 0. The first-order valence-electron chi connectivity index (χ1n) is 10.9. The third-order valence-electron chi connectivity index (χ3n) is 5.85. The van der Waals surface area contributed by atoms with E-state index < -0.39 is 0 Å². The van der Waals surface area contributed by atoms with Crippen LogP contribution in [0.5, 0.6) is 5.75 Å².